The molecule has 104 valence electrons. The number of anilines is 1. The van der Waals surface area contributed by atoms with Crippen LogP contribution in [0.15, 0.2) is 41.8 Å². The molecular formula is C17H19NS2. The van der Waals surface area contributed by atoms with Crippen LogP contribution in [0.4, 0.5) is 5.69 Å². The summed E-state index contributed by atoms with van der Waals surface area (Å²) in [5.41, 5.74) is 1.44. The van der Waals surface area contributed by atoms with Gasteiger partial charge in [0.25, 0.3) is 0 Å². The fraction of sp³-hybridized carbons (Fsp3) is 0.294. The largest absolute Gasteiger partial charge is 0.380 e. The number of fused-ring (bicyclic) bond motifs is 1. The molecule has 1 nitrogen and oxygen atoms in total. The lowest BCUT2D eigenvalue weighted by atomic mass is 9.95. The van der Waals surface area contributed by atoms with Gasteiger partial charge in [-0.15, -0.1) is 22.7 Å². The third kappa shape index (κ3) is 2.89. The maximum absolute atomic E-state index is 3.52. The van der Waals surface area contributed by atoms with E-state index in [4.69, 9.17) is 0 Å². The molecule has 0 aliphatic rings. The highest BCUT2D eigenvalue weighted by molar-refractivity contribution is 7.17. The van der Waals surface area contributed by atoms with Crippen LogP contribution >= 0.6 is 22.7 Å². The van der Waals surface area contributed by atoms with Gasteiger partial charge in [-0.25, -0.2) is 0 Å². The van der Waals surface area contributed by atoms with Gasteiger partial charge in [0.1, 0.15) is 0 Å². The summed E-state index contributed by atoms with van der Waals surface area (Å²) in [5, 5.41) is 6.99. The van der Waals surface area contributed by atoms with E-state index in [2.05, 4.69) is 67.9 Å². The van der Waals surface area contributed by atoms with Gasteiger partial charge in [0.15, 0.2) is 0 Å². The Bertz CT molecular complexity index is 716. The molecule has 0 amide bonds. The normalized spacial score (nSPS) is 11.9. The van der Waals surface area contributed by atoms with Crippen LogP contribution in [0, 0.1) is 0 Å². The third-order valence-electron chi connectivity index (χ3n) is 3.32. The van der Waals surface area contributed by atoms with Crippen LogP contribution in [0.25, 0.3) is 10.1 Å². The first-order valence-electron chi connectivity index (χ1n) is 6.83. The zero-order valence-corrected chi connectivity index (χ0v) is 13.7. The van der Waals surface area contributed by atoms with Crippen LogP contribution < -0.4 is 5.32 Å². The zero-order valence-electron chi connectivity index (χ0n) is 12.1. The second-order valence-corrected chi connectivity index (χ2v) is 8.16. The van der Waals surface area contributed by atoms with E-state index in [0.29, 0.717) is 0 Å². The molecule has 0 saturated heterocycles. The minimum Gasteiger partial charge on any atom is -0.380 e. The molecule has 1 aromatic carbocycles. The van der Waals surface area contributed by atoms with Gasteiger partial charge in [-0.3, -0.25) is 0 Å². The van der Waals surface area contributed by atoms with Gasteiger partial charge in [-0.05, 0) is 52.6 Å². The monoisotopic (exact) mass is 301 g/mol. The summed E-state index contributed by atoms with van der Waals surface area (Å²) in [4.78, 5) is 2.84. The Hall–Kier alpha value is -1.32. The minimum absolute atomic E-state index is 0.249. The summed E-state index contributed by atoms with van der Waals surface area (Å²) < 4.78 is 1.35. The number of nitrogens with one attached hydrogen (secondary N) is 1. The van der Waals surface area contributed by atoms with Crippen LogP contribution in [-0.4, -0.2) is 0 Å². The van der Waals surface area contributed by atoms with Crippen LogP contribution in [0.5, 0.6) is 0 Å². The number of benzene rings is 1. The van der Waals surface area contributed by atoms with E-state index in [9.17, 15) is 0 Å². The molecule has 0 radical (unpaired) electrons. The fourth-order valence-electron chi connectivity index (χ4n) is 2.14. The fourth-order valence-corrected chi connectivity index (χ4v) is 3.92. The van der Waals surface area contributed by atoms with Gasteiger partial charge in [0.05, 0.1) is 0 Å². The predicted molar refractivity (Wildman–Crippen MR) is 92.2 cm³/mol. The molecule has 20 heavy (non-hydrogen) atoms. The van der Waals surface area contributed by atoms with Crippen molar-refractivity contribution in [2.45, 2.75) is 32.7 Å². The second-order valence-electron chi connectivity index (χ2n) is 6.04. The highest BCUT2D eigenvalue weighted by atomic mass is 32.1. The van der Waals surface area contributed by atoms with Crippen molar-refractivity contribution < 1.29 is 0 Å². The Kier molecular flexibility index (Phi) is 3.57. The number of hydrogen-bond donors (Lipinski definition) is 1. The Morgan fingerprint density at radius 1 is 1.05 bits per heavy atom. The topological polar surface area (TPSA) is 12.0 Å². The maximum atomic E-state index is 3.52. The molecule has 2 aromatic heterocycles. The molecule has 0 unspecified atom stereocenters. The lowest BCUT2D eigenvalue weighted by molar-refractivity contribution is 0.604. The van der Waals surface area contributed by atoms with E-state index in [0.717, 1.165) is 6.54 Å². The second kappa shape index (κ2) is 5.23. The lowest BCUT2D eigenvalue weighted by Crippen LogP contribution is -2.07. The highest BCUT2D eigenvalue weighted by Crippen LogP contribution is 2.30. The lowest BCUT2D eigenvalue weighted by Gasteiger charge is -2.15. The average Bonchev–Trinajstić information content (AvgIpc) is 3.04. The molecule has 2 heterocycles. The van der Waals surface area contributed by atoms with Crippen LogP contribution in [-0.2, 0) is 12.0 Å². The molecule has 0 atom stereocenters. The van der Waals surface area contributed by atoms with Gasteiger partial charge in [-0.2, -0.15) is 0 Å². The molecular weight excluding hydrogens is 282 g/mol. The summed E-state index contributed by atoms with van der Waals surface area (Å²) in [6.45, 7) is 7.69. The Morgan fingerprint density at radius 3 is 2.65 bits per heavy atom. The molecule has 0 bridgehead atoms. The molecule has 0 spiro atoms. The molecule has 0 saturated carbocycles. The minimum atomic E-state index is 0.249. The first kappa shape index (κ1) is 13.7. The number of hydrogen-bond acceptors (Lipinski definition) is 3. The number of rotatable bonds is 3. The van der Waals surface area contributed by atoms with E-state index in [1.165, 1.54) is 25.5 Å². The van der Waals surface area contributed by atoms with Gasteiger partial charge in [0, 0.05) is 26.7 Å². The van der Waals surface area contributed by atoms with E-state index >= 15 is 0 Å². The predicted octanol–water partition coefficient (Wildman–Crippen LogP) is 5.87. The Balaban J connectivity index is 1.71. The zero-order chi connectivity index (χ0) is 14.2. The molecule has 1 N–H and O–H groups in total. The van der Waals surface area contributed by atoms with Crippen LogP contribution in [0.1, 0.15) is 30.5 Å². The van der Waals surface area contributed by atoms with Gasteiger partial charge >= 0.3 is 0 Å². The van der Waals surface area contributed by atoms with Crippen molar-refractivity contribution >= 4 is 38.4 Å². The molecule has 0 aliphatic heterocycles. The molecule has 0 fully saturated rings. The SMILES string of the molecule is CC(C)(C)c1ccc(CNc2ccc3sccc3c2)s1. The van der Waals surface area contributed by atoms with Gasteiger partial charge < -0.3 is 5.32 Å². The quantitative estimate of drug-likeness (QED) is 0.637. The first-order chi connectivity index (χ1) is 9.52. The smallest absolute Gasteiger partial charge is 0.0494 e. The third-order valence-corrected chi connectivity index (χ3v) is 5.73. The standard InChI is InChI=1S/C17H19NS2/c1-17(2,3)16-7-5-14(20-16)11-18-13-4-6-15-12(10-13)8-9-19-15/h4-10,18H,11H2,1-3H3. The van der Waals surface area contributed by atoms with Gasteiger partial charge in [-0.1, -0.05) is 20.8 Å². The van der Waals surface area contributed by atoms with E-state index in [1.54, 1.807) is 11.3 Å². The van der Waals surface area contributed by atoms with E-state index in [1.807, 2.05) is 11.3 Å². The van der Waals surface area contributed by atoms with Crippen molar-refractivity contribution in [2.75, 3.05) is 5.32 Å². The van der Waals surface area contributed by atoms with Crippen LogP contribution in [0.2, 0.25) is 0 Å². The van der Waals surface area contributed by atoms with Crippen molar-refractivity contribution in [3.05, 3.63) is 51.5 Å². The first-order valence-corrected chi connectivity index (χ1v) is 8.52. The maximum Gasteiger partial charge on any atom is 0.0494 e. The van der Waals surface area contributed by atoms with E-state index < -0.39 is 0 Å². The summed E-state index contributed by atoms with van der Waals surface area (Å²) >= 11 is 3.69. The van der Waals surface area contributed by atoms with Crippen molar-refractivity contribution in [3.8, 4) is 0 Å². The Morgan fingerprint density at radius 2 is 1.90 bits per heavy atom. The van der Waals surface area contributed by atoms with Crippen molar-refractivity contribution in [1.82, 2.24) is 0 Å². The molecule has 3 heteroatoms. The van der Waals surface area contributed by atoms with Crippen LogP contribution in [0.3, 0.4) is 0 Å². The van der Waals surface area contributed by atoms with E-state index in [-0.39, 0.29) is 5.41 Å². The number of thiophene rings is 2. The average molecular weight is 301 g/mol. The summed E-state index contributed by atoms with van der Waals surface area (Å²) in [6, 6.07) is 13.2. The molecule has 3 aromatic rings. The van der Waals surface area contributed by atoms with Crippen molar-refractivity contribution in [1.29, 1.82) is 0 Å². The summed E-state index contributed by atoms with van der Waals surface area (Å²) in [5.74, 6) is 0. The van der Waals surface area contributed by atoms with Crippen molar-refractivity contribution in [3.63, 3.8) is 0 Å². The molecule has 3 rings (SSSR count). The van der Waals surface area contributed by atoms with Crippen molar-refractivity contribution in [2.24, 2.45) is 0 Å². The Labute approximate surface area is 128 Å². The molecule has 0 aliphatic carbocycles. The highest BCUT2D eigenvalue weighted by Gasteiger charge is 2.15. The summed E-state index contributed by atoms with van der Waals surface area (Å²) in [7, 11) is 0. The summed E-state index contributed by atoms with van der Waals surface area (Å²) in [6.07, 6.45) is 0. The van der Waals surface area contributed by atoms with Gasteiger partial charge in [0.2, 0.25) is 0 Å².